The van der Waals surface area contributed by atoms with Gasteiger partial charge in [-0.3, -0.25) is 4.79 Å². The molecule has 0 aliphatic rings. The number of benzene rings is 1. The van der Waals surface area contributed by atoms with E-state index in [4.69, 9.17) is 0 Å². The highest BCUT2D eigenvalue weighted by Gasteiger charge is 2.07. The maximum absolute atomic E-state index is 11.9. The minimum Gasteiger partial charge on any atom is -0.385 e. The number of aryl methyl sites for hydroxylation is 1. The lowest BCUT2D eigenvalue weighted by Gasteiger charge is -2.11. The monoisotopic (exact) mass is 313 g/mol. The van der Waals surface area contributed by atoms with Crippen LogP contribution in [0, 0.1) is 6.92 Å². The fraction of sp³-hybridized carbons (Fsp3) is 0.500. The smallest absolute Gasteiger partial charge is 0.251 e. The van der Waals surface area contributed by atoms with Crippen LogP contribution in [0.15, 0.2) is 18.2 Å². The molecule has 0 atom stereocenters. The standard InChI is InChI=1S/C14H23N3O3S/c1-4-7-15-13-6-5-12(10-11(13)2)14(18)16-8-9-17-21(3,19)20/h5-6,10,15,17H,4,7-9H2,1-3H3,(H,16,18). The molecule has 1 amide bonds. The van der Waals surface area contributed by atoms with Crippen LogP contribution in [-0.2, 0) is 10.0 Å². The van der Waals surface area contributed by atoms with Crippen LogP contribution in [0.2, 0.25) is 0 Å². The maximum Gasteiger partial charge on any atom is 0.251 e. The molecule has 0 spiro atoms. The number of nitrogens with one attached hydrogen (secondary N) is 3. The van der Waals surface area contributed by atoms with Crippen molar-refractivity contribution in [1.29, 1.82) is 0 Å². The van der Waals surface area contributed by atoms with Gasteiger partial charge in [-0.2, -0.15) is 0 Å². The van der Waals surface area contributed by atoms with Crippen molar-refractivity contribution in [3.63, 3.8) is 0 Å². The number of sulfonamides is 1. The van der Waals surface area contributed by atoms with Crippen LogP contribution in [0.25, 0.3) is 0 Å². The van der Waals surface area contributed by atoms with Gasteiger partial charge in [0.25, 0.3) is 5.91 Å². The summed E-state index contributed by atoms with van der Waals surface area (Å²) in [6, 6.07) is 5.45. The largest absolute Gasteiger partial charge is 0.385 e. The first kappa shape index (κ1) is 17.5. The quantitative estimate of drug-likeness (QED) is 0.627. The molecule has 0 heterocycles. The van der Waals surface area contributed by atoms with Crippen molar-refractivity contribution < 1.29 is 13.2 Å². The zero-order valence-corrected chi connectivity index (χ0v) is 13.5. The van der Waals surface area contributed by atoms with Crippen LogP contribution in [-0.4, -0.2) is 40.2 Å². The summed E-state index contributed by atoms with van der Waals surface area (Å²) in [6.45, 7) is 5.36. The predicted molar refractivity (Wildman–Crippen MR) is 85.1 cm³/mol. The van der Waals surface area contributed by atoms with Gasteiger partial charge in [0, 0.05) is 30.9 Å². The molecule has 0 bridgehead atoms. The first-order chi connectivity index (χ1) is 9.83. The molecule has 0 aliphatic heterocycles. The van der Waals surface area contributed by atoms with Crippen molar-refractivity contribution in [2.75, 3.05) is 31.2 Å². The van der Waals surface area contributed by atoms with E-state index in [-0.39, 0.29) is 19.0 Å². The molecular weight excluding hydrogens is 290 g/mol. The summed E-state index contributed by atoms with van der Waals surface area (Å²) in [5.74, 6) is -0.213. The Labute approximate surface area is 126 Å². The van der Waals surface area contributed by atoms with Crippen molar-refractivity contribution in [1.82, 2.24) is 10.0 Å². The number of anilines is 1. The summed E-state index contributed by atoms with van der Waals surface area (Å²) in [4.78, 5) is 11.9. The number of carbonyl (C=O) groups is 1. The number of hydrogen-bond donors (Lipinski definition) is 3. The van der Waals surface area contributed by atoms with Gasteiger partial charge in [0.05, 0.1) is 6.26 Å². The second kappa shape index (κ2) is 7.99. The third-order valence-electron chi connectivity index (χ3n) is 2.83. The van der Waals surface area contributed by atoms with Gasteiger partial charge in [0.15, 0.2) is 0 Å². The van der Waals surface area contributed by atoms with Crippen LogP contribution in [0.3, 0.4) is 0 Å². The van der Waals surface area contributed by atoms with Crippen molar-refractivity contribution in [3.8, 4) is 0 Å². The van der Waals surface area contributed by atoms with Crippen molar-refractivity contribution in [3.05, 3.63) is 29.3 Å². The van der Waals surface area contributed by atoms with Crippen molar-refractivity contribution in [2.45, 2.75) is 20.3 Å². The van der Waals surface area contributed by atoms with Crippen LogP contribution in [0.1, 0.15) is 29.3 Å². The highest BCUT2D eigenvalue weighted by molar-refractivity contribution is 7.88. The van der Waals surface area contributed by atoms with E-state index in [1.807, 2.05) is 19.1 Å². The average molecular weight is 313 g/mol. The molecule has 1 aromatic rings. The molecule has 0 saturated carbocycles. The number of rotatable bonds is 8. The second-order valence-electron chi connectivity index (χ2n) is 4.88. The average Bonchev–Trinajstić information content (AvgIpc) is 2.41. The fourth-order valence-electron chi connectivity index (χ4n) is 1.78. The lowest BCUT2D eigenvalue weighted by molar-refractivity contribution is 0.0954. The number of hydrogen-bond acceptors (Lipinski definition) is 4. The fourth-order valence-corrected chi connectivity index (χ4v) is 2.25. The molecule has 0 aliphatic carbocycles. The third-order valence-corrected chi connectivity index (χ3v) is 3.56. The van der Waals surface area contributed by atoms with Gasteiger partial charge in [-0.1, -0.05) is 6.92 Å². The van der Waals surface area contributed by atoms with E-state index in [1.165, 1.54) is 0 Å². The third kappa shape index (κ3) is 6.59. The van der Waals surface area contributed by atoms with E-state index in [0.717, 1.165) is 30.5 Å². The minimum absolute atomic E-state index is 0.180. The highest BCUT2D eigenvalue weighted by Crippen LogP contribution is 2.16. The predicted octanol–water partition coefficient (Wildman–Crippen LogP) is 1.10. The number of amides is 1. The second-order valence-corrected chi connectivity index (χ2v) is 6.71. The zero-order chi connectivity index (χ0) is 15.9. The summed E-state index contributed by atoms with van der Waals surface area (Å²) in [7, 11) is -3.22. The van der Waals surface area contributed by atoms with Gasteiger partial charge < -0.3 is 10.6 Å². The summed E-state index contributed by atoms with van der Waals surface area (Å²) < 4.78 is 24.1. The first-order valence-electron chi connectivity index (χ1n) is 6.91. The number of carbonyl (C=O) groups excluding carboxylic acids is 1. The van der Waals surface area contributed by atoms with E-state index in [9.17, 15) is 13.2 Å². The molecule has 118 valence electrons. The molecule has 6 nitrogen and oxygen atoms in total. The van der Waals surface area contributed by atoms with E-state index in [1.54, 1.807) is 6.07 Å². The minimum atomic E-state index is -3.22. The Bertz CT molecular complexity index is 585. The summed E-state index contributed by atoms with van der Waals surface area (Å²) in [5, 5.41) is 5.96. The highest BCUT2D eigenvalue weighted by atomic mass is 32.2. The van der Waals surface area contributed by atoms with E-state index in [2.05, 4.69) is 22.3 Å². The normalized spacial score (nSPS) is 11.2. The van der Waals surface area contributed by atoms with Gasteiger partial charge in [-0.25, -0.2) is 13.1 Å². The molecule has 21 heavy (non-hydrogen) atoms. The van der Waals surface area contributed by atoms with Crippen molar-refractivity contribution in [2.24, 2.45) is 0 Å². The Morgan fingerprint density at radius 2 is 1.90 bits per heavy atom. The van der Waals surface area contributed by atoms with E-state index >= 15 is 0 Å². The molecule has 0 unspecified atom stereocenters. The summed E-state index contributed by atoms with van der Waals surface area (Å²) >= 11 is 0. The lowest BCUT2D eigenvalue weighted by atomic mass is 10.1. The molecule has 0 radical (unpaired) electrons. The van der Waals surface area contributed by atoms with Gasteiger partial charge in [-0.15, -0.1) is 0 Å². The van der Waals surface area contributed by atoms with Gasteiger partial charge >= 0.3 is 0 Å². The molecule has 7 heteroatoms. The first-order valence-corrected chi connectivity index (χ1v) is 8.80. The van der Waals surface area contributed by atoms with Crippen LogP contribution < -0.4 is 15.4 Å². The Morgan fingerprint density at radius 3 is 2.48 bits per heavy atom. The lowest BCUT2D eigenvalue weighted by Crippen LogP contribution is -2.34. The summed E-state index contributed by atoms with van der Waals surface area (Å²) in [5.41, 5.74) is 2.59. The molecule has 1 rings (SSSR count). The zero-order valence-electron chi connectivity index (χ0n) is 12.7. The molecule has 1 aromatic carbocycles. The van der Waals surface area contributed by atoms with Crippen LogP contribution in [0.4, 0.5) is 5.69 Å². The Hall–Kier alpha value is -1.60. The topological polar surface area (TPSA) is 87.3 Å². The van der Waals surface area contributed by atoms with Gasteiger partial charge in [0.2, 0.25) is 10.0 Å². The van der Waals surface area contributed by atoms with E-state index < -0.39 is 10.0 Å². The maximum atomic E-state index is 11.9. The molecule has 0 fully saturated rings. The molecular formula is C14H23N3O3S. The Morgan fingerprint density at radius 1 is 1.19 bits per heavy atom. The van der Waals surface area contributed by atoms with Gasteiger partial charge in [0.1, 0.15) is 0 Å². The SMILES string of the molecule is CCCNc1ccc(C(=O)NCCNS(C)(=O)=O)cc1C. The molecule has 3 N–H and O–H groups in total. The van der Waals surface area contributed by atoms with Crippen LogP contribution in [0.5, 0.6) is 0 Å². The molecule has 0 aromatic heterocycles. The van der Waals surface area contributed by atoms with E-state index in [0.29, 0.717) is 5.56 Å². The Kier molecular flexibility index (Phi) is 6.64. The molecule has 0 saturated heterocycles. The Balaban J connectivity index is 2.53. The van der Waals surface area contributed by atoms with Crippen molar-refractivity contribution >= 4 is 21.6 Å². The van der Waals surface area contributed by atoms with Gasteiger partial charge in [-0.05, 0) is 37.1 Å². The summed E-state index contributed by atoms with van der Waals surface area (Å²) in [6.07, 6.45) is 2.12. The van der Waals surface area contributed by atoms with Crippen LogP contribution >= 0.6 is 0 Å².